The second-order valence-corrected chi connectivity index (χ2v) is 8.46. The van der Waals surface area contributed by atoms with Crippen molar-refractivity contribution >= 4 is 11.8 Å². The second-order valence-electron chi connectivity index (χ2n) is 8.46. The number of para-hydroxylation sites is 1. The Morgan fingerprint density at radius 2 is 1.76 bits per heavy atom. The van der Waals surface area contributed by atoms with E-state index in [1.54, 1.807) is 0 Å². The summed E-state index contributed by atoms with van der Waals surface area (Å²) in [5.74, 6) is 0.893. The summed E-state index contributed by atoms with van der Waals surface area (Å²) >= 11 is 0. The van der Waals surface area contributed by atoms with Gasteiger partial charge in [0.25, 0.3) is 0 Å². The highest BCUT2D eigenvalue weighted by molar-refractivity contribution is 5.84. The van der Waals surface area contributed by atoms with Gasteiger partial charge in [-0.25, -0.2) is 4.79 Å². The molecule has 4 rings (SSSR count). The van der Waals surface area contributed by atoms with E-state index in [-0.39, 0.29) is 23.4 Å². The van der Waals surface area contributed by atoms with Gasteiger partial charge in [-0.15, -0.1) is 0 Å². The van der Waals surface area contributed by atoms with Gasteiger partial charge >= 0.3 is 6.09 Å². The van der Waals surface area contributed by atoms with Gasteiger partial charge in [-0.2, -0.15) is 0 Å². The summed E-state index contributed by atoms with van der Waals surface area (Å²) in [6.07, 6.45) is 1.97. The molecule has 4 heteroatoms. The van der Waals surface area contributed by atoms with E-state index in [1.165, 1.54) is 11.1 Å². The third kappa shape index (κ3) is 3.69. The van der Waals surface area contributed by atoms with Gasteiger partial charge in [0.1, 0.15) is 6.61 Å². The van der Waals surface area contributed by atoms with Crippen LogP contribution in [0.4, 0.5) is 10.5 Å². The van der Waals surface area contributed by atoms with Gasteiger partial charge in [0.15, 0.2) is 0 Å². The average Bonchev–Trinajstić information content (AvgIpc) is 2.73. The maximum Gasteiger partial charge on any atom is 0.411 e. The normalized spacial score (nSPS) is 30.9. The molecule has 0 spiro atoms. The molecule has 2 aromatic rings. The summed E-state index contributed by atoms with van der Waals surface area (Å²) in [6, 6.07) is 19.8. The van der Waals surface area contributed by atoms with E-state index in [2.05, 4.69) is 56.4 Å². The molecule has 2 aliphatic rings. The van der Waals surface area contributed by atoms with Crippen molar-refractivity contribution in [1.29, 1.82) is 0 Å². The number of anilines is 1. The molecule has 0 unspecified atom stereocenters. The number of hydrogen-bond donors (Lipinski definition) is 1. The van der Waals surface area contributed by atoms with Crippen LogP contribution in [0.2, 0.25) is 0 Å². The number of carbonyl (C=O) groups is 1. The summed E-state index contributed by atoms with van der Waals surface area (Å²) in [5, 5.41) is 2.81. The maximum atomic E-state index is 12.4. The van der Waals surface area contributed by atoms with E-state index in [0.29, 0.717) is 19.1 Å². The van der Waals surface area contributed by atoms with Crippen LogP contribution in [0, 0.1) is 23.2 Å². The first kappa shape index (κ1) is 19.7. The number of allylic oxidation sites excluding steroid dienone is 1. The third-order valence-corrected chi connectivity index (χ3v) is 6.87. The number of amides is 1. The van der Waals surface area contributed by atoms with Crippen LogP contribution in [0.1, 0.15) is 32.4 Å². The molecule has 4 nitrogen and oxygen atoms in total. The molecule has 0 radical (unpaired) electrons. The number of carbonyl (C=O) groups excluding carboxylic acids is 1. The molecular weight excluding hydrogens is 362 g/mol. The Balaban J connectivity index is 1.52. The lowest BCUT2D eigenvalue weighted by Gasteiger charge is -2.55. The van der Waals surface area contributed by atoms with E-state index in [1.807, 2.05) is 36.4 Å². The lowest BCUT2D eigenvalue weighted by molar-refractivity contribution is -0.165. The molecule has 1 heterocycles. The third-order valence-electron chi connectivity index (χ3n) is 6.87. The number of rotatable bonds is 4. The van der Waals surface area contributed by atoms with Crippen LogP contribution >= 0.6 is 0 Å². The Morgan fingerprint density at radius 1 is 1.10 bits per heavy atom. The van der Waals surface area contributed by atoms with Crippen LogP contribution in [-0.2, 0) is 9.47 Å². The predicted octanol–water partition coefficient (Wildman–Crippen LogP) is 5.84. The van der Waals surface area contributed by atoms with Gasteiger partial charge in [0, 0.05) is 17.0 Å². The molecule has 2 aromatic carbocycles. The van der Waals surface area contributed by atoms with Crippen LogP contribution in [0.3, 0.4) is 0 Å². The van der Waals surface area contributed by atoms with Gasteiger partial charge in [-0.05, 0) is 36.5 Å². The van der Waals surface area contributed by atoms with E-state index in [4.69, 9.17) is 9.47 Å². The molecule has 1 amide bonds. The predicted molar refractivity (Wildman–Crippen MR) is 115 cm³/mol. The van der Waals surface area contributed by atoms with Gasteiger partial charge in [0.05, 0.1) is 12.7 Å². The smallest absolute Gasteiger partial charge is 0.411 e. The topological polar surface area (TPSA) is 47.6 Å². The molecule has 5 atom stereocenters. The molecule has 1 aliphatic heterocycles. The lowest BCUT2D eigenvalue weighted by Crippen LogP contribution is -2.54. The number of fused-ring (bicyclic) bond motifs is 2. The van der Waals surface area contributed by atoms with Crippen molar-refractivity contribution in [2.24, 2.45) is 23.2 Å². The standard InChI is InChI=1S/C25H29NO3/c1-17-14-18(2)25(16-29-24(27)26-21-12-8-5-9-13-21)15-28-23(22(17)19(25)3)20-10-6-4-7-11-20/h4-14,18-19,22-23H,15-16H2,1-3H3,(H,26,27)/t18-,19+,22-,23+,25-/m0/s1. The zero-order valence-electron chi connectivity index (χ0n) is 17.3. The summed E-state index contributed by atoms with van der Waals surface area (Å²) in [5.41, 5.74) is 3.09. The minimum atomic E-state index is -0.419. The van der Waals surface area contributed by atoms with Crippen LogP contribution in [0.25, 0.3) is 0 Å². The Morgan fingerprint density at radius 3 is 2.45 bits per heavy atom. The molecule has 2 bridgehead atoms. The van der Waals surface area contributed by atoms with E-state index in [0.717, 1.165) is 5.69 Å². The highest BCUT2D eigenvalue weighted by Gasteiger charge is 2.54. The molecule has 0 aromatic heterocycles. The fourth-order valence-electron chi connectivity index (χ4n) is 5.08. The van der Waals surface area contributed by atoms with Crippen LogP contribution in [-0.4, -0.2) is 19.3 Å². The minimum Gasteiger partial charge on any atom is -0.449 e. The Labute approximate surface area is 172 Å². The van der Waals surface area contributed by atoms with Gasteiger partial charge in [0.2, 0.25) is 0 Å². The van der Waals surface area contributed by atoms with Crippen molar-refractivity contribution < 1.29 is 14.3 Å². The second kappa shape index (κ2) is 8.03. The Kier molecular flexibility index (Phi) is 5.46. The van der Waals surface area contributed by atoms with Crippen molar-refractivity contribution in [2.45, 2.75) is 26.9 Å². The van der Waals surface area contributed by atoms with Gasteiger partial charge in [-0.3, -0.25) is 5.32 Å². The molecule has 1 N–H and O–H groups in total. The van der Waals surface area contributed by atoms with Crippen LogP contribution in [0.15, 0.2) is 72.3 Å². The number of hydrogen-bond acceptors (Lipinski definition) is 3. The first-order chi connectivity index (χ1) is 14.0. The van der Waals surface area contributed by atoms with Crippen molar-refractivity contribution in [2.75, 3.05) is 18.5 Å². The van der Waals surface area contributed by atoms with E-state index < -0.39 is 6.09 Å². The van der Waals surface area contributed by atoms with Crippen molar-refractivity contribution in [1.82, 2.24) is 0 Å². The van der Waals surface area contributed by atoms with Crippen molar-refractivity contribution in [3.05, 3.63) is 77.9 Å². The fraction of sp³-hybridized carbons (Fsp3) is 0.400. The first-order valence-electron chi connectivity index (χ1n) is 10.3. The monoisotopic (exact) mass is 391 g/mol. The van der Waals surface area contributed by atoms with Gasteiger partial charge in [-0.1, -0.05) is 74.0 Å². The van der Waals surface area contributed by atoms with Crippen LogP contribution < -0.4 is 5.32 Å². The fourth-order valence-corrected chi connectivity index (χ4v) is 5.08. The Hall–Kier alpha value is -2.59. The maximum absolute atomic E-state index is 12.4. The van der Waals surface area contributed by atoms with Crippen molar-refractivity contribution in [3.63, 3.8) is 0 Å². The molecule has 0 saturated carbocycles. The van der Waals surface area contributed by atoms with E-state index >= 15 is 0 Å². The number of nitrogens with one attached hydrogen (secondary N) is 1. The molecule has 1 aliphatic carbocycles. The highest BCUT2D eigenvalue weighted by atomic mass is 16.6. The summed E-state index contributed by atoms with van der Waals surface area (Å²) in [7, 11) is 0. The van der Waals surface area contributed by atoms with Gasteiger partial charge < -0.3 is 9.47 Å². The number of benzene rings is 2. The highest BCUT2D eigenvalue weighted by Crippen LogP contribution is 2.56. The zero-order chi connectivity index (χ0) is 20.4. The summed E-state index contributed by atoms with van der Waals surface area (Å²) < 4.78 is 12.2. The molecule has 1 saturated heterocycles. The molecular formula is C25H29NO3. The van der Waals surface area contributed by atoms with E-state index in [9.17, 15) is 4.79 Å². The quantitative estimate of drug-likeness (QED) is 0.666. The Bertz CT molecular complexity index is 879. The molecule has 152 valence electrons. The van der Waals surface area contributed by atoms with Crippen LogP contribution in [0.5, 0.6) is 0 Å². The summed E-state index contributed by atoms with van der Waals surface area (Å²) in [6.45, 7) is 7.62. The SMILES string of the molecule is CC1=C[C@H](C)[C@@]2(COC(=O)Nc3ccccc3)CO[C@H](c3ccccc3)[C@@H]1[C@H]2C. The molecule has 1 fully saturated rings. The van der Waals surface area contributed by atoms with Crippen molar-refractivity contribution in [3.8, 4) is 0 Å². The first-order valence-corrected chi connectivity index (χ1v) is 10.3. The minimum absolute atomic E-state index is 0.0428. The zero-order valence-corrected chi connectivity index (χ0v) is 17.3. The number of ether oxygens (including phenoxy) is 2. The lowest BCUT2D eigenvalue weighted by atomic mass is 9.56. The molecule has 29 heavy (non-hydrogen) atoms. The average molecular weight is 392 g/mol. The largest absolute Gasteiger partial charge is 0.449 e. The summed E-state index contributed by atoms with van der Waals surface area (Å²) in [4.78, 5) is 12.4.